The Labute approximate surface area is 142 Å². The van der Waals surface area contributed by atoms with Crippen LogP contribution in [-0.2, 0) is 16.0 Å². The van der Waals surface area contributed by atoms with Gasteiger partial charge < -0.3 is 24.9 Å². The van der Waals surface area contributed by atoms with E-state index in [9.17, 15) is 5.02 Å². The van der Waals surface area contributed by atoms with Gasteiger partial charge in [0.2, 0.25) is 0 Å². The third-order valence-corrected chi connectivity index (χ3v) is 3.99. The zero-order valence-corrected chi connectivity index (χ0v) is 13.7. The van der Waals surface area contributed by atoms with E-state index in [-0.39, 0.29) is 12.2 Å². The molecule has 3 N–H and O–H groups in total. The first-order valence-electron chi connectivity index (χ1n) is 8.13. The van der Waals surface area contributed by atoms with Gasteiger partial charge in [-0.25, -0.2) is 0 Å². The number of ether oxygens (including phenoxy) is 2. The topological polar surface area (TPSA) is 73.9 Å². The van der Waals surface area contributed by atoms with E-state index < -0.39 is 7.12 Å². The summed E-state index contributed by atoms with van der Waals surface area (Å²) in [5, 5.41) is 10.1. The highest BCUT2D eigenvalue weighted by Crippen LogP contribution is 2.27. The molecule has 0 amide bonds. The second-order valence-electron chi connectivity index (χ2n) is 5.90. The molecule has 3 rings (SSSR count). The normalized spacial score (nSPS) is 17.6. The number of benzene rings is 2. The van der Waals surface area contributed by atoms with E-state index in [1.165, 1.54) is 0 Å². The van der Waals surface area contributed by atoms with Crippen molar-refractivity contribution in [2.24, 2.45) is 5.73 Å². The first-order chi connectivity index (χ1) is 11.7. The number of nitrogens with two attached hydrogens (primary N) is 1. The molecule has 6 heteroatoms. The SMILES string of the molecule is CC(COCc1ccccc1)Oc1cccc2c1B(O)OC2CN. The smallest absolute Gasteiger partial charge is 0.489 e. The Morgan fingerprint density at radius 1 is 1.21 bits per heavy atom. The Morgan fingerprint density at radius 3 is 2.75 bits per heavy atom. The van der Waals surface area contributed by atoms with Crippen LogP contribution in [0.25, 0.3) is 0 Å². The molecule has 2 atom stereocenters. The average Bonchev–Trinajstić information content (AvgIpc) is 2.93. The molecular formula is C18H22BNO4. The molecule has 0 fully saturated rings. The van der Waals surface area contributed by atoms with E-state index in [1.807, 2.05) is 55.5 Å². The molecule has 0 aromatic heterocycles. The molecule has 1 heterocycles. The lowest BCUT2D eigenvalue weighted by Gasteiger charge is -2.17. The van der Waals surface area contributed by atoms with Crippen LogP contribution in [0.4, 0.5) is 0 Å². The van der Waals surface area contributed by atoms with Gasteiger partial charge in [0, 0.05) is 12.0 Å². The van der Waals surface area contributed by atoms with Gasteiger partial charge >= 0.3 is 7.12 Å². The molecule has 2 aromatic rings. The lowest BCUT2D eigenvalue weighted by Crippen LogP contribution is -2.32. The molecule has 0 aliphatic carbocycles. The quantitative estimate of drug-likeness (QED) is 0.752. The lowest BCUT2D eigenvalue weighted by atomic mass is 9.78. The van der Waals surface area contributed by atoms with Crippen molar-refractivity contribution in [2.45, 2.75) is 25.7 Å². The molecule has 5 nitrogen and oxygen atoms in total. The number of hydrogen-bond acceptors (Lipinski definition) is 5. The second kappa shape index (κ2) is 7.81. The Bertz CT molecular complexity index is 667. The van der Waals surface area contributed by atoms with E-state index >= 15 is 0 Å². The van der Waals surface area contributed by atoms with Crippen LogP contribution in [0.3, 0.4) is 0 Å². The summed E-state index contributed by atoms with van der Waals surface area (Å²) in [4.78, 5) is 0. The fraction of sp³-hybridized carbons (Fsp3) is 0.333. The van der Waals surface area contributed by atoms with Crippen molar-refractivity contribution in [3.63, 3.8) is 0 Å². The third-order valence-electron chi connectivity index (χ3n) is 3.99. The van der Waals surface area contributed by atoms with E-state index in [4.69, 9.17) is 19.9 Å². The molecule has 0 radical (unpaired) electrons. The summed E-state index contributed by atoms with van der Waals surface area (Å²) >= 11 is 0. The maximum absolute atomic E-state index is 10.1. The highest BCUT2D eigenvalue weighted by molar-refractivity contribution is 6.62. The summed E-state index contributed by atoms with van der Waals surface area (Å²) < 4.78 is 17.1. The van der Waals surface area contributed by atoms with Gasteiger partial charge in [0.15, 0.2) is 0 Å². The average molecular weight is 327 g/mol. The zero-order valence-electron chi connectivity index (χ0n) is 13.7. The summed E-state index contributed by atoms with van der Waals surface area (Å²) in [5.41, 5.74) is 8.37. The first kappa shape index (κ1) is 17.0. The lowest BCUT2D eigenvalue weighted by molar-refractivity contribution is 0.0497. The van der Waals surface area contributed by atoms with Crippen molar-refractivity contribution in [1.82, 2.24) is 0 Å². The molecule has 0 spiro atoms. The van der Waals surface area contributed by atoms with E-state index in [0.717, 1.165) is 11.1 Å². The van der Waals surface area contributed by atoms with Crippen LogP contribution >= 0.6 is 0 Å². The van der Waals surface area contributed by atoms with Gasteiger partial charge in [0.05, 0.1) is 19.3 Å². The van der Waals surface area contributed by atoms with E-state index in [1.54, 1.807) is 0 Å². The van der Waals surface area contributed by atoms with Crippen LogP contribution in [0.5, 0.6) is 5.75 Å². The third kappa shape index (κ3) is 3.79. The molecule has 2 unspecified atom stereocenters. The largest absolute Gasteiger partial charge is 0.495 e. The number of fused-ring (bicyclic) bond motifs is 1. The first-order valence-corrected chi connectivity index (χ1v) is 8.13. The highest BCUT2D eigenvalue weighted by atomic mass is 16.5. The molecule has 2 aromatic carbocycles. The van der Waals surface area contributed by atoms with Crippen molar-refractivity contribution < 1.29 is 19.2 Å². The van der Waals surface area contributed by atoms with Crippen LogP contribution in [0, 0.1) is 0 Å². The highest BCUT2D eigenvalue weighted by Gasteiger charge is 2.37. The van der Waals surface area contributed by atoms with Gasteiger partial charge in [-0.2, -0.15) is 0 Å². The van der Waals surface area contributed by atoms with Crippen LogP contribution in [0.1, 0.15) is 24.2 Å². The molecular weight excluding hydrogens is 305 g/mol. The van der Waals surface area contributed by atoms with Crippen LogP contribution < -0.4 is 15.9 Å². The van der Waals surface area contributed by atoms with Crippen molar-refractivity contribution in [2.75, 3.05) is 13.2 Å². The molecule has 24 heavy (non-hydrogen) atoms. The monoisotopic (exact) mass is 327 g/mol. The summed E-state index contributed by atoms with van der Waals surface area (Å²) in [6.45, 7) is 3.26. The molecule has 1 aliphatic rings. The Morgan fingerprint density at radius 2 is 2.00 bits per heavy atom. The summed E-state index contributed by atoms with van der Waals surface area (Å²) in [7, 11) is -0.998. The van der Waals surface area contributed by atoms with Gasteiger partial charge in [-0.1, -0.05) is 42.5 Å². The van der Waals surface area contributed by atoms with Crippen LogP contribution in [-0.4, -0.2) is 31.4 Å². The Kier molecular flexibility index (Phi) is 5.53. The van der Waals surface area contributed by atoms with E-state index in [0.29, 0.717) is 31.0 Å². The Balaban J connectivity index is 1.59. The minimum atomic E-state index is -0.998. The summed E-state index contributed by atoms with van der Waals surface area (Å²) in [5.74, 6) is 0.617. The van der Waals surface area contributed by atoms with E-state index in [2.05, 4.69) is 0 Å². The van der Waals surface area contributed by atoms with Crippen molar-refractivity contribution in [3.8, 4) is 5.75 Å². The number of hydrogen-bond donors (Lipinski definition) is 2. The maximum Gasteiger partial charge on any atom is 0.495 e. The summed E-state index contributed by atoms with van der Waals surface area (Å²) in [6.07, 6.45) is -0.437. The maximum atomic E-state index is 10.1. The predicted molar refractivity (Wildman–Crippen MR) is 93.1 cm³/mol. The van der Waals surface area contributed by atoms with Crippen molar-refractivity contribution >= 4 is 12.6 Å². The van der Waals surface area contributed by atoms with Crippen molar-refractivity contribution in [3.05, 3.63) is 59.7 Å². The zero-order chi connectivity index (χ0) is 16.9. The predicted octanol–water partition coefficient (Wildman–Crippen LogP) is 1.39. The fourth-order valence-electron chi connectivity index (χ4n) is 2.86. The molecule has 1 aliphatic heterocycles. The van der Waals surface area contributed by atoms with Gasteiger partial charge in [0.1, 0.15) is 11.9 Å². The molecule has 0 bridgehead atoms. The fourth-order valence-corrected chi connectivity index (χ4v) is 2.86. The minimum absolute atomic E-state index is 0.149. The van der Waals surface area contributed by atoms with Gasteiger partial charge in [-0.3, -0.25) is 0 Å². The second-order valence-corrected chi connectivity index (χ2v) is 5.90. The molecule has 0 saturated heterocycles. The summed E-state index contributed by atoms with van der Waals surface area (Å²) in [6, 6.07) is 15.6. The minimum Gasteiger partial charge on any atom is -0.489 e. The number of rotatable bonds is 7. The van der Waals surface area contributed by atoms with Gasteiger partial charge in [-0.05, 0) is 24.1 Å². The van der Waals surface area contributed by atoms with Gasteiger partial charge in [-0.15, -0.1) is 0 Å². The van der Waals surface area contributed by atoms with Gasteiger partial charge in [0.25, 0.3) is 0 Å². The Hall–Kier alpha value is -1.86. The standard InChI is InChI=1S/C18H22BNO4/c1-13(11-22-12-14-6-3-2-4-7-14)23-16-9-5-8-15-17(10-20)24-19(21)18(15)16/h2-9,13,17,21H,10-12,20H2,1H3. The molecule has 0 saturated carbocycles. The van der Waals surface area contributed by atoms with Crippen LogP contribution in [0.2, 0.25) is 0 Å². The molecule has 126 valence electrons. The van der Waals surface area contributed by atoms with Crippen molar-refractivity contribution in [1.29, 1.82) is 0 Å². The van der Waals surface area contributed by atoms with Crippen LogP contribution in [0.15, 0.2) is 48.5 Å².